The predicted molar refractivity (Wildman–Crippen MR) is 141 cm³/mol. The Bertz CT molecular complexity index is 1140. The highest BCUT2D eigenvalue weighted by atomic mass is 35.5. The summed E-state index contributed by atoms with van der Waals surface area (Å²) in [5.41, 5.74) is 0.937. The number of anilines is 1. The quantitative estimate of drug-likeness (QED) is 0.418. The van der Waals surface area contributed by atoms with E-state index in [0.717, 1.165) is 22.5 Å². The van der Waals surface area contributed by atoms with Gasteiger partial charge in [-0.3, -0.25) is 13.9 Å². The number of sulfonamides is 1. The van der Waals surface area contributed by atoms with Gasteiger partial charge in [-0.25, -0.2) is 8.42 Å². The monoisotopic (exact) mass is 539 g/mol. The number of hydrogen-bond acceptors (Lipinski definition) is 6. The van der Waals surface area contributed by atoms with Gasteiger partial charge in [0.25, 0.3) is 0 Å². The zero-order chi connectivity index (χ0) is 26.9. The van der Waals surface area contributed by atoms with Crippen LogP contribution < -0.4 is 19.1 Å². The van der Waals surface area contributed by atoms with Crippen molar-refractivity contribution in [3.05, 3.63) is 53.1 Å². The number of nitrogens with one attached hydrogen (secondary N) is 1. The molecule has 0 aliphatic carbocycles. The summed E-state index contributed by atoms with van der Waals surface area (Å²) in [4.78, 5) is 28.1. The van der Waals surface area contributed by atoms with E-state index in [1.54, 1.807) is 37.3 Å². The van der Waals surface area contributed by atoms with Crippen LogP contribution in [0.15, 0.2) is 42.5 Å². The Morgan fingerprint density at radius 2 is 1.72 bits per heavy atom. The highest BCUT2D eigenvalue weighted by molar-refractivity contribution is 7.92. The molecule has 1 unspecified atom stereocenters. The van der Waals surface area contributed by atoms with Crippen molar-refractivity contribution in [1.82, 2.24) is 10.2 Å². The van der Waals surface area contributed by atoms with Crippen LogP contribution in [0.5, 0.6) is 11.5 Å². The maximum absolute atomic E-state index is 13.7. The second-order valence-electron chi connectivity index (χ2n) is 8.17. The van der Waals surface area contributed by atoms with Gasteiger partial charge in [0, 0.05) is 24.2 Å². The van der Waals surface area contributed by atoms with Gasteiger partial charge in [0.1, 0.15) is 24.1 Å². The maximum atomic E-state index is 13.7. The molecule has 1 N–H and O–H groups in total. The van der Waals surface area contributed by atoms with Crippen LogP contribution in [0.2, 0.25) is 5.02 Å². The summed E-state index contributed by atoms with van der Waals surface area (Å²) >= 11 is 6.01. The number of carbonyl (C=O) groups is 2. The molecule has 1 atom stereocenters. The number of benzene rings is 2. The molecule has 0 aromatic heterocycles. The van der Waals surface area contributed by atoms with Gasteiger partial charge >= 0.3 is 0 Å². The van der Waals surface area contributed by atoms with Crippen molar-refractivity contribution in [2.75, 3.05) is 37.9 Å². The van der Waals surface area contributed by atoms with Crippen molar-refractivity contribution >= 4 is 39.1 Å². The van der Waals surface area contributed by atoms with Crippen molar-refractivity contribution in [3.8, 4) is 11.5 Å². The molecule has 9 nitrogen and oxygen atoms in total. The molecule has 0 aliphatic heterocycles. The Labute approximate surface area is 218 Å². The zero-order valence-electron chi connectivity index (χ0n) is 21.3. The number of amides is 2. The number of hydrogen-bond donors (Lipinski definition) is 1. The van der Waals surface area contributed by atoms with Crippen LogP contribution in [0.4, 0.5) is 5.69 Å². The fourth-order valence-electron chi connectivity index (χ4n) is 3.66. The van der Waals surface area contributed by atoms with Gasteiger partial charge < -0.3 is 19.7 Å². The van der Waals surface area contributed by atoms with E-state index in [0.29, 0.717) is 23.7 Å². The average Bonchev–Trinajstić information content (AvgIpc) is 2.85. The third-order valence-electron chi connectivity index (χ3n) is 5.54. The van der Waals surface area contributed by atoms with Crippen molar-refractivity contribution in [1.29, 1.82) is 0 Å². The summed E-state index contributed by atoms with van der Waals surface area (Å²) in [5.74, 6) is -0.135. The standard InChI is InChI=1S/C25H34ClN3O6S/c1-6-14-27-25(31)21(7-2)28(16-18-8-10-19(26)11-9-18)24(30)17-29(36(5,32)33)22-13-12-20(34-3)15-23(22)35-4/h8-13,15,21H,6-7,14,16-17H2,1-5H3,(H,27,31). The summed E-state index contributed by atoms with van der Waals surface area (Å²) in [6, 6.07) is 10.8. The van der Waals surface area contributed by atoms with E-state index >= 15 is 0 Å². The molecular weight excluding hydrogens is 506 g/mol. The van der Waals surface area contributed by atoms with E-state index in [-0.39, 0.29) is 23.9 Å². The number of ether oxygens (including phenoxy) is 2. The van der Waals surface area contributed by atoms with Gasteiger partial charge in [0.05, 0.1) is 26.2 Å². The van der Waals surface area contributed by atoms with Crippen LogP contribution in [0, 0.1) is 0 Å². The van der Waals surface area contributed by atoms with Crippen LogP contribution in [0.3, 0.4) is 0 Å². The highest BCUT2D eigenvalue weighted by Gasteiger charge is 2.32. The number of halogens is 1. The van der Waals surface area contributed by atoms with E-state index in [1.807, 2.05) is 6.92 Å². The van der Waals surface area contributed by atoms with Gasteiger partial charge in [0.2, 0.25) is 21.8 Å². The highest BCUT2D eigenvalue weighted by Crippen LogP contribution is 2.33. The van der Waals surface area contributed by atoms with Crippen LogP contribution in [0.25, 0.3) is 0 Å². The molecule has 0 spiro atoms. The minimum absolute atomic E-state index is 0.103. The molecule has 2 aromatic carbocycles. The predicted octanol–water partition coefficient (Wildman–Crippen LogP) is 3.46. The number of carbonyl (C=O) groups excluding carboxylic acids is 2. The van der Waals surface area contributed by atoms with E-state index in [4.69, 9.17) is 21.1 Å². The SMILES string of the molecule is CCCNC(=O)C(CC)N(Cc1ccc(Cl)cc1)C(=O)CN(c1ccc(OC)cc1OC)S(C)(=O)=O. The number of nitrogens with zero attached hydrogens (tertiary/aromatic N) is 2. The van der Waals surface area contributed by atoms with Crippen molar-refractivity contribution < 1.29 is 27.5 Å². The molecule has 0 fully saturated rings. The van der Waals surface area contributed by atoms with Gasteiger partial charge in [-0.15, -0.1) is 0 Å². The maximum Gasteiger partial charge on any atom is 0.244 e. The largest absolute Gasteiger partial charge is 0.497 e. The Morgan fingerprint density at radius 3 is 2.25 bits per heavy atom. The number of rotatable bonds is 13. The van der Waals surface area contributed by atoms with Gasteiger partial charge in [-0.05, 0) is 42.7 Å². The van der Waals surface area contributed by atoms with Gasteiger partial charge in [-0.2, -0.15) is 0 Å². The molecule has 0 saturated heterocycles. The first-order valence-electron chi connectivity index (χ1n) is 11.6. The number of methoxy groups -OCH3 is 2. The molecule has 11 heteroatoms. The van der Waals surface area contributed by atoms with Crippen LogP contribution >= 0.6 is 11.6 Å². The third kappa shape index (κ3) is 7.76. The normalized spacial score (nSPS) is 11.9. The molecule has 2 amide bonds. The second kappa shape index (κ2) is 13.4. The first-order valence-corrected chi connectivity index (χ1v) is 13.8. The van der Waals surface area contributed by atoms with Crippen molar-refractivity contribution in [2.24, 2.45) is 0 Å². The summed E-state index contributed by atoms with van der Waals surface area (Å²) in [7, 11) is -1.01. The lowest BCUT2D eigenvalue weighted by atomic mass is 10.1. The van der Waals surface area contributed by atoms with Gasteiger partial charge in [-0.1, -0.05) is 37.6 Å². The molecule has 0 saturated carbocycles. The van der Waals surface area contributed by atoms with E-state index in [9.17, 15) is 18.0 Å². The molecule has 0 aliphatic rings. The van der Waals surface area contributed by atoms with E-state index < -0.39 is 28.5 Å². The fourth-order valence-corrected chi connectivity index (χ4v) is 4.64. The lowest BCUT2D eigenvalue weighted by Gasteiger charge is -2.33. The van der Waals surface area contributed by atoms with Crippen molar-refractivity contribution in [3.63, 3.8) is 0 Å². The summed E-state index contributed by atoms with van der Waals surface area (Å²) in [6.07, 6.45) is 2.10. The molecule has 0 radical (unpaired) electrons. The van der Waals surface area contributed by atoms with E-state index in [2.05, 4.69) is 5.32 Å². The summed E-state index contributed by atoms with van der Waals surface area (Å²) < 4.78 is 37.1. The van der Waals surface area contributed by atoms with Crippen LogP contribution in [-0.4, -0.2) is 64.7 Å². The summed E-state index contributed by atoms with van der Waals surface area (Å²) in [6.45, 7) is 3.79. The minimum Gasteiger partial charge on any atom is -0.497 e. The van der Waals surface area contributed by atoms with Crippen LogP contribution in [-0.2, 0) is 26.2 Å². The lowest BCUT2D eigenvalue weighted by molar-refractivity contribution is -0.140. The zero-order valence-corrected chi connectivity index (χ0v) is 22.9. The molecule has 2 rings (SSSR count). The Hall–Kier alpha value is -2.98. The van der Waals surface area contributed by atoms with Gasteiger partial charge in [0.15, 0.2) is 0 Å². The topological polar surface area (TPSA) is 105 Å². The fraction of sp³-hybridized carbons (Fsp3) is 0.440. The molecule has 0 bridgehead atoms. The molecule has 36 heavy (non-hydrogen) atoms. The minimum atomic E-state index is -3.90. The van der Waals surface area contributed by atoms with Crippen molar-refractivity contribution in [2.45, 2.75) is 39.3 Å². The Balaban J connectivity index is 2.48. The first-order chi connectivity index (χ1) is 17.0. The molecule has 198 valence electrons. The molecular formula is C25H34ClN3O6S. The molecule has 2 aromatic rings. The smallest absolute Gasteiger partial charge is 0.244 e. The Morgan fingerprint density at radius 1 is 1.06 bits per heavy atom. The summed E-state index contributed by atoms with van der Waals surface area (Å²) in [5, 5.41) is 3.38. The first kappa shape index (κ1) is 29.3. The molecule has 0 heterocycles. The average molecular weight is 540 g/mol. The second-order valence-corrected chi connectivity index (χ2v) is 10.5. The van der Waals surface area contributed by atoms with Crippen LogP contribution in [0.1, 0.15) is 32.3 Å². The Kier molecular flexibility index (Phi) is 10.9. The lowest BCUT2D eigenvalue weighted by Crippen LogP contribution is -2.52. The third-order valence-corrected chi connectivity index (χ3v) is 6.91. The van der Waals surface area contributed by atoms with E-state index in [1.165, 1.54) is 31.3 Å².